The summed E-state index contributed by atoms with van der Waals surface area (Å²) in [6, 6.07) is 8.33. The predicted molar refractivity (Wildman–Crippen MR) is 114 cm³/mol. The quantitative estimate of drug-likeness (QED) is 0.518. The number of esters is 1. The summed E-state index contributed by atoms with van der Waals surface area (Å²) < 4.78 is 9.68. The van der Waals surface area contributed by atoms with Crippen LogP contribution in [0.15, 0.2) is 30.6 Å². The first-order valence-corrected chi connectivity index (χ1v) is 10.5. The van der Waals surface area contributed by atoms with Crippen LogP contribution in [0.25, 0.3) is 0 Å². The number of rotatable bonds is 2. The number of carbonyl (C=O) groups excluding carboxylic acids is 2. The molecular weight excluding hydrogens is 406 g/mol. The van der Waals surface area contributed by atoms with Crippen LogP contribution >= 0.6 is 11.6 Å². The molecule has 1 saturated carbocycles. The lowest BCUT2D eigenvalue weighted by Crippen LogP contribution is -2.32. The van der Waals surface area contributed by atoms with Crippen molar-refractivity contribution in [2.45, 2.75) is 44.9 Å². The van der Waals surface area contributed by atoms with Crippen molar-refractivity contribution in [2.75, 3.05) is 25.2 Å². The van der Waals surface area contributed by atoms with Crippen molar-refractivity contribution in [1.82, 2.24) is 9.97 Å². The van der Waals surface area contributed by atoms with Crippen LogP contribution in [0.5, 0.6) is 5.88 Å². The van der Waals surface area contributed by atoms with Gasteiger partial charge in [0.1, 0.15) is 23.7 Å². The summed E-state index contributed by atoms with van der Waals surface area (Å²) in [6.07, 6.45) is 7.79. The fourth-order valence-corrected chi connectivity index (χ4v) is 3.92. The number of ether oxygens (including phenoxy) is 2. The van der Waals surface area contributed by atoms with E-state index < -0.39 is 0 Å². The molecule has 2 aliphatic rings. The number of amides is 1. The molecule has 4 rings (SSSR count). The molecule has 0 bridgehead atoms. The Labute approximate surface area is 181 Å². The third-order valence-corrected chi connectivity index (χ3v) is 5.63. The first kappa shape index (κ1) is 22.0. The number of nitrogens with zero attached hydrogens (tertiary/aromatic N) is 3. The van der Waals surface area contributed by atoms with Crippen LogP contribution in [-0.4, -0.2) is 42.1 Å². The molecule has 1 amide bonds. The third kappa shape index (κ3) is 5.27. The number of halogens is 1. The van der Waals surface area contributed by atoms with E-state index in [0.29, 0.717) is 19.1 Å². The second-order valence-electron chi connectivity index (χ2n) is 7.27. The predicted octanol–water partition coefficient (Wildman–Crippen LogP) is 4.40. The zero-order valence-electron chi connectivity index (χ0n) is 17.3. The van der Waals surface area contributed by atoms with E-state index in [1.165, 1.54) is 58.0 Å². The second-order valence-corrected chi connectivity index (χ2v) is 7.63. The lowest BCUT2D eigenvalue weighted by Gasteiger charge is -2.24. The molecule has 1 aromatic carbocycles. The van der Waals surface area contributed by atoms with Gasteiger partial charge in [0.15, 0.2) is 0 Å². The monoisotopic (exact) mass is 431 g/mol. The second kappa shape index (κ2) is 10.4. The van der Waals surface area contributed by atoms with Crippen molar-refractivity contribution < 1.29 is 19.1 Å². The molecule has 1 fully saturated rings. The van der Waals surface area contributed by atoms with Crippen molar-refractivity contribution >= 4 is 29.2 Å². The highest BCUT2D eigenvalue weighted by Crippen LogP contribution is 2.34. The molecule has 7 nitrogen and oxygen atoms in total. The number of fused-ring (bicyclic) bond motifs is 1. The van der Waals surface area contributed by atoms with Crippen molar-refractivity contribution in [2.24, 2.45) is 0 Å². The van der Waals surface area contributed by atoms with Crippen LogP contribution in [-0.2, 0) is 9.53 Å². The minimum Gasteiger partial charge on any atom is -0.475 e. The summed E-state index contributed by atoms with van der Waals surface area (Å²) in [5, 5.41) is 0.126. The minimum absolute atomic E-state index is 0.126. The fourth-order valence-electron chi connectivity index (χ4n) is 3.72. The van der Waals surface area contributed by atoms with E-state index in [0.717, 1.165) is 5.69 Å². The Morgan fingerprint density at radius 2 is 1.83 bits per heavy atom. The maximum Gasteiger partial charge on any atom is 0.302 e. The zero-order chi connectivity index (χ0) is 21.5. The first-order valence-electron chi connectivity index (χ1n) is 10.1. The molecule has 2 aromatic rings. The standard InChI is InChI=1S/C19H20ClN3O2.C3H6O2/c20-17-16-18(22-12-21-17)25-11-10-23(19(16)24)15-8-6-14(7-9-15)13-4-2-1-3-5-13;1-3(4)5-2/h6-9,12-13H,1-5,10-11H2;1-2H3. The van der Waals surface area contributed by atoms with Gasteiger partial charge in [0.2, 0.25) is 5.88 Å². The maximum absolute atomic E-state index is 12.9. The highest BCUT2D eigenvalue weighted by molar-refractivity contribution is 6.33. The van der Waals surface area contributed by atoms with Gasteiger partial charge in [-0.25, -0.2) is 9.97 Å². The van der Waals surface area contributed by atoms with Gasteiger partial charge in [0, 0.05) is 12.6 Å². The molecule has 8 heteroatoms. The number of hydrogen-bond acceptors (Lipinski definition) is 6. The molecule has 0 atom stereocenters. The van der Waals surface area contributed by atoms with Crippen LogP contribution in [0.1, 0.15) is 60.9 Å². The topological polar surface area (TPSA) is 81.6 Å². The summed E-state index contributed by atoms with van der Waals surface area (Å²) in [5.41, 5.74) is 2.45. The first-order chi connectivity index (χ1) is 14.5. The highest BCUT2D eigenvalue weighted by atomic mass is 35.5. The van der Waals surface area contributed by atoms with Crippen LogP contribution in [0, 0.1) is 0 Å². The van der Waals surface area contributed by atoms with Crippen LogP contribution in [0.2, 0.25) is 5.15 Å². The van der Waals surface area contributed by atoms with E-state index in [1.54, 1.807) is 4.90 Å². The van der Waals surface area contributed by atoms with Gasteiger partial charge in [0.25, 0.3) is 5.91 Å². The van der Waals surface area contributed by atoms with Gasteiger partial charge in [-0.1, -0.05) is 43.0 Å². The Hall–Kier alpha value is -2.67. The van der Waals surface area contributed by atoms with E-state index in [1.807, 2.05) is 12.1 Å². The van der Waals surface area contributed by atoms with Gasteiger partial charge < -0.3 is 14.4 Å². The molecule has 1 aromatic heterocycles. The van der Waals surface area contributed by atoms with Crippen molar-refractivity contribution in [1.29, 1.82) is 0 Å². The summed E-state index contributed by atoms with van der Waals surface area (Å²) in [5.74, 6) is 0.439. The Balaban J connectivity index is 0.000000461. The normalized spacial score (nSPS) is 16.5. The fraction of sp³-hybridized carbons (Fsp3) is 0.455. The van der Waals surface area contributed by atoms with Crippen molar-refractivity contribution in [3.8, 4) is 5.88 Å². The molecule has 160 valence electrons. The van der Waals surface area contributed by atoms with E-state index >= 15 is 0 Å². The van der Waals surface area contributed by atoms with Gasteiger partial charge in [-0.2, -0.15) is 0 Å². The third-order valence-electron chi connectivity index (χ3n) is 5.35. The number of carbonyl (C=O) groups is 2. The summed E-state index contributed by atoms with van der Waals surface area (Å²) >= 11 is 6.11. The molecule has 0 radical (unpaired) electrons. The van der Waals surface area contributed by atoms with Crippen LogP contribution < -0.4 is 9.64 Å². The number of methoxy groups -OCH3 is 1. The lowest BCUT2D eigenvalue weighted by molar-refractivity contribution is -0.137. The van der Waals surface area contributed by atoms with E-state index in [4.69, 9.17) is 16.3 Å². The largest absolute Gasteiger partial charge is 0.475 e. The Morgan fingerprint density at radius 3 is 2.47 bits per heavy atom. The molecule has 1 aliphatic carbocycles. The van der Waals surface area contributed by atoms with Crippen molar-refractivity contribution in [3.05, 3.63) is 46.9 Å². The molecule has 0 unspecified atom stereocenters. The van der Waals surface area contributed by atoms with Crippen LogP contribution in [0.4, 0.5) is 5.69 Å². The summed E-state index contributed by atoms with van der Waals surface area (Å²) in [7, 11) is 1.35. The molecule has 0 N–H and O–H groups in total. The molecule has 2 heterocycles. The Morgan fingerprint density at radius 1 is 1.17 bits per heavy atom. The lowest BCUT2D eigenvalue weighted by atomic mass is 9.84. The Bertz CT molecular complexity index is 882. The van der Waals surface area contributed by atoms with Gasteiger partial charge in [0.05, 0.1) is 13.7 Å². The highest BCUT2D eigenvalue weighted by Gasteiger charge is 2.29. The van der Waals surface area contributed by atoms with Gasteiger partial charge in [-0.3, -0.25) is 9.59 Å². The molecule has 1 aliphatic heterocycles. The minimum atomic E-state index is -0.245. The van der Waals surface area contributed by atoms with E-state index in [9.17, 15) is 9.59 Å². The summed E-state index contributed by atoms with van der Waals surface area (Å²) in [4.78, 5) is 32.1. The molecule has 30 heavy (non-hydrogen) atoms. The average Bonchev–Trinajstić information content (AvgIpc) is 2.94. The Kier molecular flexibility index (Phi) is 7.63. The smallest absolute Gasteiger partial charge is 0.302 e. The van der Waals surface area contributed by atoms with Crippen molar-refractivity contribution in [3.63, 3.8) is 0 Å². The molecule has 0 spiro atoms. The van der Waals surface area contributed by atoms with E-state index in [2.05, 4.69) is 26.8 Å². The number of hydrogen-bond donors (Lipinski definition) is 0. The number of benzene rings is 1. The number of anilines is 1. The summed E-state index contributed by atoms with van der Waals surface area (Å²) in [6.45, 7) is 2.19. The van der Waals surface area contributed by atoms with Gasteiger partial charge >= 0.3 is 5.97 Å². The zero-order valence-corrected chi connectivity index (χ0v) is 18.0. The van der Waals surface area contributed by atoms with E-state index in [-0.39, 0.29) is 28.5 Å². The molecular formula is C22H26ClN3O4. The van der Waals surface area contributed by atoms with Crippen LogP contribution in [0.3, 0.4) is 0 Å². The molecule has 0 saturated heterocycles. The maximum atomic E-state index is 12.9. The number of aromatic nitrogens is 2. The van der Waals surface area contributed by atoms with Gasteiger partial charge in [-0.15, -0.1) is 0 Å². The SMILES string of the molecule is COC(C)=O.O=C1c2c(Cl)ncnc2OCCN1c1ccc(C2CCCCC2)cc1. The van der Waals surface area contributed by atoms with Gasteiger partial charge in [-0.05, 0) is 36.5 Å². The average molecular weight is 432 g/mol.